The second-order valence-electron chi connectivity index (χ2n) is 8.26. The van der Waals surface area contributed by atoms with E-state index in [-0.39, 0.29) is 24.0 Å². The Morgan fingerprint density at radius 3 is 2.62 bits per heavy atom. The summed E-state index contributed by atoms with van der Waals surface area (Å²) < 4.78 is 33.6. The maximum atomic E-state index is 12.9. The number of para-hydroxylation sites is 1. The highest BCUT2D eigenvalue weighted by Gasteiger charge is 2.22. The zero-order valence-electron chi connectivity index (χ0n) is 18.4. The number of hydrogen-bond acceptors (Lipinski definition) is 6. The van der Waals surface area contributed by atoms with E-state index in [0.29, 0.717) is 41.9 Å². The van der Waals surface area contributed by atoms with Crippen LogP contribution >= 0.6 is 0 Å². The van der Waals surface area contributed by atoms with Gasteiger partial charge >= 0.3 is 6.61 Å². The van der Waals surface area contributed by atoms with Gasteiger partial charge in [-0.15, -0.1) is 0 Å². The third kappa shape index (κ3) is 4.12. The van der Waals surface area contributed by atoms with E-state index in [1.165, 1.54) is 10.7 Å². The topological polar surface area (TPSA) is 85.4 Å². The highest BCUT2D eigenvalue weighted by molar-refractivity contribution is 5.84. The number of halogens is 2. The van der Waals surface area contributed by atoms with Crippen LogP contribution in [0.5, 0.6) is 5.75 Å². The number of aliphatic hydroxyl groups excluding tert-OH is 1. The van der Waals surface area contributed by atoms with Crippen LogP contribution in [0.2, 0.25) is 0 Å². The van der Waals surface area contributed by atoms with Crippen molar-refractivity contribution >= 4 is 16.9 Å². The number of aliphatic hydroxyl groups is 1. The summed E-state index contributed by atoms with van der Waals surface area (Å²) in [6.45, 7) is -1.55. The molecular weight excluding hydrogens is 444 g/mol. The average Bonchev–Trinajstić information content (AvgIpc) is 3.37. The number of fused-ring (bicyclic) bond motifs is 1. The van der Waals surface area contributed by atoms with Crippen molar-refractivity contribution in [3.8, 4) is 16.9 Å². The minimum atomic E-state index is -2.94. The molecule has 5 rings (SSSR count). The molecule has 0 saturated carbocycles. The zero-order valence-corrected chi connectivity index (χ0v) is 18.4. The van der Waals surface area contributed by atoms with Crippen molar-refractivity contribution in [2.24, 2.45) is 7.05 Å². The van der Waals surface area contributed by atoms with E-state index in [1.54, 1.807) is 48.4 Å². The van der Waals surface area contributed by atoms with Crippen LogP contribution in [0.4, 0.5) is 14.7 Å². The van der Waals surface area contributed by atoms with Gasteiger partial charge < -0.3 is 14.7 Å². The summed E-state index contributed by atoms with van der Waals surface area (Å²) >= 11 is 0. The van der Waals surface area contributed by atoms with Crippen LogP contribution in [-0.2, 0) is 13.6 Å². The van der Waals surface area contributed by atoms with E-state index in [0.717, 1.165) is 11.1 Å². The minimum Gasteiger partial charge on any atom is -0.434 e. The maximum Gasteiger partial charge on any atom is 0.387 e. The number of β-amino-alcohol motifs (C(OH)–C–C–N with tert-alkyl or cyclic N) is 1. The fraction of sp³-hybridized carbons (Fsp3) is 0.292. The second-order valence-corrected chi connectivity index (χ2v) is 8.26. The summed E-state index contributed by atoms with van der Waals surface area (Å²) in [5.41, 5.74) is 2.59. The normalized spacial score (nSPS) is 16.0. The molecule has 2 aromatic carbocycles. The monoisotopic (exact) mass is 467 g/mol. The molecule has 1 fully saturated rings. The van der Waals surface area contributed by atoms with Gasteiger partial charge in [-0.25, -0.2) is 9.97 Å². The average molecular weight is 467 g/mol. The van der Waals surface area contributed by atoms with Gasteiger partial charge in [0.25, 0.3) is 5.56 Å². The zero-order chi connectivity index (χ0) is 23.8. The quantitative estimate of drug-likeness (QED) is 0.469. The Balaban J connectivity index is 1.50. The number of hydrogen-bond donors (Lipinski definition) is 1. The van der Waals surface area contributed by atoms with Crippen molar-refractivity contribution in [3.63, 3.8) is 0 Å². The molecule has 34 heavy (non-hydrogen) atoms. The third-order valence-electron chi connectivity index (χ3n) is 6.09. The van der Waals surface area contributed by atoms with Crippen LogP contribution in [0, 0.1) is 0 Å². The second kappa shape index (κ2) is 8.86. The molecule has 1 saturated heterocycles. The first kappa shape index (κ1) is 22.0. The van der Waals surface area contributed by atoms with Crippen molar-refractivity contribution in [3.05, 3.63) is 70.8 Å². The molecule has 0 aliphatic carbocycles. The van der Waals surface area contributed by atoms with E-state index in [2.05, 4.69) is 14.7 Å². The van der Waals surface area contributed by atoms with Crippen LogP contribution in [0.3, 0.4) is 0 Å². The molecule has 1 aliphatic rings. The predicted molar refractivity (Wildman–Crippen MR) is 123 cm³/mol. The fourth-order valence-electron chi connectivity index (χ4n) is 4.31. The van der Waals surface area contributed by atoms with Gasteiger partial charge in [-0.2, -0.15) is 8.78 Å². The molecule has 8 nitrogen and oxygen atoms in total. The number of rotatable bonds is 6. The molecule has 2 aromatic heterocycles. The van der Waals surface area contributed by atoms with Crippen LogP contribution in [0.1, 0.15) is 12.0 Å². The van der Waals surface area contributed by atoms with E-state index in [4.69, 9.17) is 0 Å². The van der Waals surface area contributed by atoms with Gasteiger partial charge in [-0.05, 0) is 30.2 Å². The molecule has 176 valence electrons. The molecule has 1 atom stereocenters. The van der Waals surface area contributed by atoms with E-state index in [1.807, 2.05) is 17.0 Å². The summed E-state index contributed by atoms with van der Waals surface area (Å²) in [7, 11) is 1.64. The van der Waals surface area contributed by atoms with Crippen LogP contribution < -0.4 is 15.2 Å². The van der Waals surface area contributed by atoms with Gasteiger partial charge in [0.05, 0.1) is 23.6 Å². The summed E-state index contributed by atoms with van der Waals surface area (Å²) in [5.74, 6) is 0.632. The largest absolute Gasteiger partial charge is 0.434 e. The summed E-state index contributed by atoms with van der Waals surface area (Å²) in [6.07, 6.45) is 3.76. The number of benzene rings is 2. The van der Waals surface area contributed by atoms with Crippen molar-refractivity contribution in [1.29, 1.82) is 0 Å². The Hall–Kier alpha value is -3.79. The Bertz CT molecular complexity index is 1380. The van der Waals surface area contributed by atoms with Gasteiger partial charge in [0.1, 0.15) is 5.75 Å². The number of nitrogens with zero attached hydrogens (tertiary/aromatic N) is 5. The summed E-state index contributed by atoms with van der Waals surface area (Å²) in [4.78, 5) is 23.6. The molecule has 0 amide bonds. The van der Waals surface area contributed by atoms with Crippen molar-refractivity contribution in [2.75, 3.05) is 18.0 Å². The number of anilines is 1. The highest BCUT2D eigenvalue weighted by Crippen LogP contribution is 2.26. The molecule has 0 radical (unpaired) electrons. The molecule has 1 aliphatic heterocycles. The molecule has 0 bridgehead atoms. The number of ether oxygens (including phenoxy) is 1. The molecule has 0 spiro atoms. The first-order valence-electron chi connectivity index (χ1n) is 10.9. The molecular formula is C24H23F2N5O3. The first-order chi connectivity index (χ1) is 16.4. The lowest BCUT2D eigenvalue weighted by atomic mass is 10.1. The van der Waals surface area contributed by atoms with E-state index in [9.17, 15) is 18.7 Å². The predicted octanol–water partition coefficient (Wildman–Crippen LogP) is 3.02. The third-order valence-corrected chi connectivity index (χ3v) is 6.09. The lowest BCUT2D eigenvalue weighted by molar-refractivity contribution is -0.0505. The standard InChI is InChI=1S/C24H23F2N5O3/c1-29-22(33)19-7-6-15(17-11-27-24(28-12-17)30-9-8-18(32)14-30)10-20(19)31(29)13-16-4-2-3-5-21(16)34-23(25)26/h2-7,10-12,18,23,32H,8-9,13-14H2,1H3. The van der Waals surface area contributed by atoms with Gasteiger partial charge in [0.2, 0.25) is 5.95 Å². The van der Waals surface area contributed by atoms with Crippen molar-refractivity contribution in [1.82, 2.24) is 19.3 Å². The Kier molecular flexibility index (Phi) is 5.74. The molecule has 10 heteroatoms. The van der Waals surface area contributed by atoms with E-state index < -0.39 is 6.61 Å². The lowest BCUT2D eigenvalue weighted by Crippen LogP contribution is -2.23. The van der Waals surface area contributed by atoms with Crippen molar-refractivity contribution in [2.45, 2.75) is 25.7 Å². The van der Waals surface area contributed by atoms with E-state index >= 15 is 0 Å². The first-order valence-corrected chi connectivity index (χ1v) is 10.9. The molecule has 1 unspecified atom stereocenters. The summed E-state index contributed by atoms with van der Waals surface area (Å²) in [6, 6.07) is 12.0. The SMILES string of the molecule is Cn1c(=O)c2ccc(-c3cnc(N4CCC(O)C4)nc3)cc2n1Cc1ccccc1OC(F)F. The fourth-order valence-corrected chi connectivity index (χ4v) is 4.31. The van der Waals surface area contributed by atoms with Crippen LogP contribution in [-0.4, -0.2) is 50.2 Å². The highest BCUT2D eigenvalue weighted by atomic mass is 19.3. The Morgan fingerprint density at radius 1 is 1.15 bits per heavy atom. The Morgan fingerprint density at radius 2 is 1.91 bits per heavy atom. The number of alkyl halides is 2. The maximum absolute atomic E-state index is 12.9. The minimum absolute atomic E-state index is 0.0685. The molecule has 4 aromatic rings. The van der Waals surface area contributed by atoms with Crippen LogP contribution in [0.25, 0.3) is 22.0 Å². The van der Waals surface area contributed by atoms with Crippen LogP contribution in [0.15, 0.2) is 59.7 Å². The van der Waals surface area contributed by atoms with Crippen molar-refractivity contribution < 1.29 is 18.6 Å². The van der Waals surface area contributed by atoms with Gasteiger partial charge in [-0.3, -0.25) is 14.2 Å². The summed E-state index contributed by atoms with van der Waals surface area (Å²) in [5, 5.41) is 10.3. The smallest absolute Gasteiger partial charge is 0.387 e. The molecule has 3 heterocycles. The van der Waals surface area contributed by atoms with Gasteiger partial charge in [0, 0.05) is 43.7 Å². The Labute approximate surface area is 193 Å². The number of aromatic nitrogens is 4. The van der Waals surface area contributed by atoms with Gasteiger partial charge in [0.15, 0.2) is 0 Å². The van der Waals surface area contributed by atoms with Gasteiger partial charge in [-0.1, -0.05) is 24.3 Å². The molecule has 1 N–H and O–H groups in total. The lowest BCUT2D eigenvalue weighted by Gasteiger charge is -2.15.